The molecule has 0 saturated heterocycles. The van der Waals surface area contributed by atoms with Gasteiger partial charge in [-0.1, -0.05) is 12.1 Å². The topological polar surface area (TPSA) is 46.2 Å². The molecule has 3 heteroatoms. The Bertz CT molecular complexity index is 250. The SMILES string of the molecule is Nc1c(F)cccc1CCO. The largest absolute Gasteiger partial charge is 0.396 e. The zero-order chi connectivity index (χ0) is 8.27. The monoisotopic (exact) mass is 155 g/mol. The Hall–Kier alpha value is -1.09. The number of benzene rings is 1. The van der Waals surface area contributed by atoms with Crippen molar-refractivity contribution in [2.24, 2.45) is 0 Å². The zero-order valence-electron chi connectivity index (χ0n) is 6.05. The van der Waals surface area contributed by atoms with Crippen molar-refractivity contribution < 1.29 is 9.50 Å². The van der Waals surface area contributed by atoms with Crippen LogP contribution in [0.15, 0.2) is 18.2 Å². The molecule has 0 bridgehead atoms. The van der Waals surface area contributed by atoms with Crippen LogP contribution in [-0.4, -0.2) is 11.7 Å². The molecule has 1 rings (SSSR count). The van der Waals surface area contributed by atoms with E-state index in [1.54, 1.807) is 12.1 Å². The molecule has 11 heavy (non-hydrogen) atoms. The maximum Gasteiger partial charge on any atom is 0.146 e. The van der Waals surface area contributed by atoms with Gasteiger partial charge in [0, 0.05) is 6.61 Å². The molecule has 1 aromatic carbocycles. The first-order chi connectivity index (χ1) is 5.25. The fourth-order valence-corrected chi connectivity index (χ4v) is 0.920. The lowest BCUT2D eigenvalue weighted by atomic mass is 10.1. The van der Waals surface area contributed by atoms with E-state index in [1.807, 2.05) is 0 Å². The highest BCUT2D eigenvalue weighted by atomic mass is 19.1. The predicted molar refractivity (Wildman–Crippen MR) is 41.6 cm³/mol. The lowest BCUT2D eigenvalue weighted by Gasteiger charge is -2.02. The molecule has 0 aliphatic heterocycles. The van der Waals surface area contributed by atoms with Gasteiger partial charge >= 0.3 is 0 Å². The van der Waals surface area contributed by atoms with E-state index < -0.39 is 5.82 Å². The second-order valence-corrected chi connectivity index (χ2v) is 2.29. The van der Waals surface area contributed by atoms with Gasteiger partial charge in [-0.3, -0.25) is 0 Å². The fraction of sp³-hybridized carbons (Fsp3) is 0.250. The maximum absolute atomic E-state index is 12.7. The minimum atomic E-state index is -0.420. The molecule has 0 aliphatic rings. The van der Waals surface area contributed by atoms with E-state index in [0.717, 1.165) is 0 Å². The second kappa shape index (κ2) is 3.34. The molecule has 0 aromatic heterocycles. The van der Waals surface area contributed by atoms with Crippen molar-refractivity contribution in [1.29, 1.82) is 0 Å². The van der Waals surface area contributed by atoms with E-state index in [2.05, 4.69) is 0 Å². The standard InChI is InChI=1S/C8H10FNO/c9-7-3-1-2-6(4-5-11)8(7)10/h1-3,11H,4-5,10H2. The summed E-state index contributed by atoms with van der Waals surface area (Å²) in [7, 11) is 0. The first-order valence-electron chi connectivity index (χ1n) is 3.39. The number of nitrogen functional groups attached to an aromatic ring is 1. The molecule has 0 unspecified atom stereocenters. The third-order valence-corrected chi connectivity index (χ3v) is 1.52. The molecule has 0 atom stereocenters. The summed E-state index contributed by atoms with van der Waals surface area (Å²) in [6.07, 6.45) is 0.406. The summed E-state index contributed by atoms with van der Waals surface area (Å²) in [4.78, 5) is 0. The first-order valence-corrected chi connectivity index (χ1v) is 3.39. The summed E-state index contributed by atoms with van der Waals surface area (Å²) in [5, 5.41) is 8.56. The van der Waals surface area contributed by atoms with E-state index in [0.29, 0.717) is 12.0 Å². The van der Waals surface area contributed by atoms with Gasteiger partial charge in [-0.25, -0.2) is 4.39 Å². The van der Waals surface area contributed by atoms with Gasteiger partial charge in [0.2, 0.25) is 0 Å². The molecular formula is C8H10FNO. The Morgan fingerprint density at radius 3 is 2.82 bits per heavy atom. The molecule has 0 saturated carbocycles. The van der Waals surface area contributed by atoms with Gasteiger partial charge in [0.15, 0.2) is 0 Å². The number of aliphatic hydroxyl groups excluding tert-OH is 1. The molecule has 0 amide bonds. The van der Waals surface area contributed by atoms with Crippen LogP contribution in [0.4, 0.5) is 10.1 Å². The first kappa shape index (κ1) is 8.01. The number of rotatable bonds is 2. The molecule has 2 nitrogen and oxygen atoms in total. The highest BCUT2D eigenvalue weighted by Crippen LogP contribution is 2.15. The molecule has 60 valence electrons. The molecule has 0 fully saturated rings. The molecule has 0 aliphatic carbocycles. The number of nitrogens with two attached hydrogens (primary N) is 1. The molecule has 1 aromatic rings. The molecule has 0 heterocycles. The number of hydrogen-bond acceptors (Lipinski definition) is 2. The van der Waals surface area contributed by atoms with Crippen LogP contribution in [-0.2, 0) is 6.42 Å². The lowest BCUT2D eigenvalue weighted by molar-refractivity contribution is 0.299. The summed E-state index contributed by atoms with van der Waals surface area (Å²) in [6.45, 7) is -0.00630. The number of anilines is 1. The summed E-state index contributed by atoms with van der Waals surface area (Å²) < 4.78 is 12.7. The third-order valence-electron chi connectivity index (χ3n) is 1.52. The van der Waals surface area contributed by atoms with Gasteiger partial charge < -0.3 is 10.8 Å². The number of para-hydroxylation sites is 1. The summed E-state index contributed by atoms with van der Waals surface area (Å²) >= 11 is 0. The van der Waals surface area contributed by atoms with Gasteiger partial charge in [-0.2, -0.15) is 0 Å². The average molecular weight is 155 g/mol. The van der Waals surface area contributed by atoms with Crippen molar-refractivity contribution in [3.63, 3.8) is 0 Å². The van der Waals surface area contributed by atoms with Crippen LogP contribution in [0.5, 0.6) is 0 Å². The normalized spacial score (nSPS) is 10.0. The Balaban J connectivity index is 2.96. The molecule has 0 radical (unpaired) electrons. The highest BCUT2D eigenvalue weighted by Gasteiger charge is 2.02. The van der Waals surface area contributed by atoms with E-state index in [4.69, 9.17) is 10.8 Å². The minimum absolute atomic E-state index is 0.00630. The number of aliphatic hydroxyl groups is 1. The van der Waals surface area contributed by atoms with E-state index in [9.17, 15) is 4.39 Å². The predicted octanol–water partition coefficient (Wildman–Crippen LogP) is 0.943. The quantitative estimate of drug-likeness (QED) is 0.624. The van der Waals surface area contributed by atoms with Crippen LogP contribution in [0.25, 0.3) is 0 Å². The van der Waals surface area contributed by atoms with Gasteiger partial charge in [0.1, 0.15) is 5.82 Å². The molecule has 0 spiro atoms. The highest BCUT2D eigenvalue weighted by molar-refractivity contribution is 5.47. The summed E-state index contributed by atoms with van der Waals surface area (Å²) in [5.41, 5.74) is 6.18. The number of halogens is 1. The maximum atomic E-state index is 12.7. The lowest BCUT2D eigenvalue weighted by Crippen LogP contribution is -1.99. The minimum Gasteiger partial charge on any atom is -0.396 e. The van der Waals surface area contributed by atoms with Crippen LogP contribution in [0.2, 0.25) is 0 Å². The van der Waals surface area contributed by atoms with Gasteiger partial charge in [0.05, 0.1) is 5.69 Å². The van der Waals surface area contributed by atoms with Crippen LogP contribution >= 0.6 is 0 Å². The van der Waals surface area contributed by atoms with Crippen LogP contribution in [0, 0.1) is 5.82 Å². The summed E-state index contributed by atoms with van der Waals surface area (Å²) in [5.74, 6) is -0.420. The van der Waals surface area contributed by atoms with Crippen molar-refractivity contribution in [2.45, 2.75) is 6.42 Å². The van der Waals surface area contributed by atoms with Crippen molar-refractivity contribution >= 4 is 5.69 Å². The van der Waals surface area contributed by atoms with Crippen LogP contribution in [0.3, 0.4) is 0 Å². The van der Waals surface area contributed by atoms with E-state index in [-0.39, 0.29) is 12.3 Å². The van der Waals surface area contributed by atoms with Crippen molar-refractivity contribution in [2.75, 3.05) is 12.3 Å². The number of hydrogen-bond donors (Lipinski definition) is 2. The van der Waals surface area contributed by atoms with Crippen LogP contribution < -0.4 is 5.73 Å². The van der Waals surface area contributed by atoms with E-state index in [1.165, 1.54) is 6.07 Å². The van der Waals surface area contributed by atoms with Crippen molar-refractivity contribution in [3.05, 3.63) is 29.6 Å². The summed E-state index contributed by atoms with van der Waals surface area (Å²) in [6, 6.07) is 4.58. The molecule has 3 N–H and O–H groups in total. The van der Waals surface area contributed by atoms with Gasteiger partial charge in [0.25, 0.3) is 0 Å². The van der Waals surface area contributed by atoms with Crippen LogP contribution in [0.1, 0.15) is 5.56 Å². The second-order valence-electron chi connectivity index (χ2n) is 2.29. The van der Waals surface area contributed by atoms with Crippen molar-refractivity contribution in [3.8, 4) is 0 Å². The Morgan fingerprint density at radius 1 is 1.45 bits per heavy atom. The van der Waals surface area contributed by atoms with Gasteiger partial charge in [-0.15, -0.1) is 0 Å². The zero-order valence-corrected chi connectivity index (χ0v) is 6.05. The Labute approximate surface area is 64.5 Å². The van der Waals surface area contributed by atoms with Gasteiger partial charge in [-0.05, 0) is 18.1 Å². The van der Waals surface area contributed by atoms with Crippen molar-refractivity contribution in [1.82, 2.24) is 0 Å². The van der Waals surface area contributed by atoms with E-state index >= 15 is 0 Å². The average Bonchev–Trinajstić information content (AvgIpc) is 1.99. The Morgan fingerprint density at radius 2 is 2.18 bits per heavy atom. The Kier molecular flexibility index (Phi) is 2.44. The third kappa shape index (κ3) is 1.68. The fourth-order valence-electron chi connectivity index (χ4n) is 0.920. The molecular weight excluding hydrogens is 145 g/mol. The smallest absolute Gasteiger partial charge is 0.146 e.